The molecule has 0 amide bonds. The molecule has 0 saturated heterocycles. The predicted molar refractivity (Wildman–Crippen MR) is 77.7 cm³/mol. The standard InChI is InChI=1S/C16H12F5NO3/c1-2-9-10(15(24)25)14(23)7-5-8(17)12(18)11(16(19,20)21)13(7)22(9)6-3-4-6/h5-6H,2-4H2,1H3,(H,24,25). The maximum atomic E-state index is 14.0. The normalized spacial score (nSPS) is 15.0. The van der Waals surface area contributed by atoms with E-state index in [0.717, 1.165) is 4.57 Å². The number of hydrogen-bond donors (Lipinski definition) is 1. The first-order valence-corrected chi connectivity index (χ1v) is 7.49. The number of rotatable bonds is 3. The molecule has 0 aliphatic heterocycles. The Kier molecular flexibility index (Phi) is 3.85. The van der Waals surface area contributed by atoms with Gasteiger partial charge in [0.1, 0.15) is 11.1 Å². The van der Waals surface area contributed by atoms with Gasteiger partial charge in [-0.3, -0.25) is 4.79 Å². The molecule has 1 aliphatic carbocycles. The van der Waals surface area contributed by atoms with Crippen LogP contribution in [-0.4, -0.2) is 15.6 Å². The lowest BCUT2D eigenvalue weighted by molar-refractivity contribution is -0.139. The van der Waals surface area contributed by atoms with Gasteiger partial charge in [-0.15, -0.1) is 0 Å². The number of hydrogen-bond acceptors (Lipinski definition) is 2. The molecule has 1 aromatic heterocycles. The Morgan fingerprint density at radius 1 is 1.32 bits per heavy atom. The Bertz CT molecular complexity index is 957. The molecule has 1 saturated carbocycles. The lowest BCUT2D eigenvalue weighted by Crippen LogP contribution is -2.26. The largest absolute Gasteiger partial charge is 0.477 e. The van der Waals surface area contributed by atoms with E-state index >= 15 is 0 Å². The topological polar surface area (TPSA) is 59.3 Å². The van der Waals surface area contributed by atoms with Gasteiger partial charge in [0.05, 0.1) is 10.9 Å². The van der Waals surface area contributed by atoms with Gasteiger partial charge < -0.3 is 9.67 Å². The summed E-state index contributed by atoms with van der Waals surface area (Å²) in [6.45, 7) is 1.49. The lowest BCUT2D eigenvalue weighted by Gasteiger charge is -2.22. The first kappa shape index (κ1) is 17.4. The predicted octanol–water partition coefficient (Wildman–Crippen LogP) is 3.89. The number of carboxylic acid groups (broad SMARTS) is 1. The van der Waals surface area contributed by atoms with Crippen LogP contribution in [0.25, 0.3) is 10.9 Å². The minimum atomic E-state index is -5.25. The van der Waals surface area contributed by atoms with Crippen LogP contribution >= 0.6 is 0 Å². The molecule has 0 radical (unpaired) electrons. The summed E-state index contributed by atoms with van der Waals surface area (Å²) in [4.78, 5) is 23.9. The molecule has 2 aromatic rings. The molecular formula is C16H12F5NO3. The molecule has 25 heavy (non-hydrogen) atoms. The van der Waals surface area contributed by atoms with Gasteiger partial charge in [0.15, 0.2) is 11.6 Å². The van der Waals surface area contributed by atoms with Crippen molar-refractivity contribution in [1.29, 1.82) is 0 Å². The van der Waals surface area contributed by atoms with Crippen LogP contribution in [-0.2, 0) is 12.6 Å². The average molecular weight is 361 g/mol. The zero-order chi connectivity index (χ0) is 18.7. The van der Waals surface area contributed by atoms with Crippen molar-refractivity contribution in [2.75, 3.05) is 0 Å². The maximum Gasteiger partial charge on any atom is 0.421 e. The summed E-state index contributed by atoms with van der Waals surface area (Å²) in [6, 6.07) is -0.144. The molecule has 1 N–H and O–H groups in total. The fraction of sp³-hybridized carbons (Fsp3) is 0.375. The Morgan fingerprint density at radius 3 is 2.36 bits per heavy atom. The zero-order valence-electron chi connectivity index (χ0n) is 12.9. The summed E-state index contributed by atoms with van der Waals surface area (Å²) < 4.78 is 69.0. The van der Waals surface area contributed by atoms with Crippen LogP contribution in [0.3, 0.4) is 0 Å². The third-order valence-corrected chi connectivity index (χ3v) is 4.23. The molecule has 0 spiro atoms. The SMILES string of the molecule is CCc1c(C(=O)O)c(=O)c2cc(F)c(F)c(C(F)(F)F)c2n1C1CC1. The van der Waals surface area contributed by atoms with Crippen molar-refractivity contribution in [3.63, 3.8) is 0 Å². The van der Waals surface area contributed by atoms with Crippen molar-refractivity contribution in [2.24, 2.45) is 0 Å². The molecule has 134 valence electrons. The molecule has 1 heterocycles. The minimum absolute atomic E-state index is 0.0421. The second kappa shape index (κ2) is 5.53. The van der Waals surface area contributed by atoms with E-state index in [1.54, 1.807) is 0 Å². The fourth-order valence-electron chi connectivity index (χ4n) is 3.12. The van der Waals surface area contributed by atoms with Gasteiger partial charge in [0, 0.05) is 11.7 Å². The van der Waals surface area contributed by atoms with E-state index in [4.69, 9.17) is 0 Å². The molecule has 1 fully saturated rings. The first-order valence-electron chi connectivity index (χ1n) is 7.49. The number of nitrogens with zero attached hydrogens (tertiary/aromatic N) is 1. The van der Waals surface area contributed by atoms with Crippen molar-refractivity contribution >= 4 is 16.9 Å². The van der Waals surface area contributed by atoms with Gasteiger partial charge in [-0.05, 0) is 25.3 Å². The minimum Gasteiger partial charge on any atom is -0.477 e. The molecule has 1 aromatic carbocycles. The number of aromatic carboxylic acids is 1. The van der Waals surface area contributed by atoms with Crippen LogP contribution in [0.4, 0.5) is 22.0 Å². The summed E-state index contributed by atoms with van der Waals surface area (Å²) in [5, 5.41) is 8.53. The highest BCUT2D eigenvalue weighted by atomic mass is 19.4. The fourth-order valence-corrected chi connectivity index (χ4v) is 3.12. The van der Waals surface area contributed by atoms with Crippen molar-refractivity contribution in [3.05, 3.63) is 44.7 Å². The van der Waals surface area contributed by atoms with Gasteiger partial charge in [0.2, 0.25) is 5.43 Å². The third kappa shape index (κ3) is 2.58. The van der Waals surface area contributed by atoms with Crippen LogP contribution < -0.4 is 5.43 Å². The van der Waals surface area contributed by atoms with E-state index < -0.39 is 57.3 Å². The van der Waals surface area contributed by atoms with E-state index in [0.29, 0.717) is 18.9 Å². The van der Waals surface area contributed by atoms with Crippen LogP contribution in [0.15, 0.2) is 10.9 Å². The summed E-state index contributed by atoms with van der Waals surface area (Å²) in [5.41, 5.74) is -4.75. The van der Waals surface area contributed by atoms with Gasteiger partial charge >= 0.3 is 12.1 Å². The molecule has 0 bridgehead atoms. The van der Waals surface area contributed by atoms with Crippen molar-refractivity contribution in [3.8, 4) is 0 Å². The molecular weight excluding hydrogens is 349 g/mol. The second-order valence-corrected chi connectivity index (χ2v) is 5.85. The lowest BCUT2D eigenvalue weighted by atomic mass is 10.0. The van der Waals surface area contributed by atoms with E-state index in [9.17, 15) is 36.6 Å². The molecule has 1 aliphatic rings. The van der Waals surface area contributed by atoms with E-state index in [1.807, 2.05) is 0 Å². The number of fused-ring (bicyclic) bond motifs is 1. The van der Waals surface area contributed by atoms with Crippen LogP contribution in [0.5, 0.6) is 0 Å². The van der Waals surface area contributed by atoms with E-state index in [1.165, 1.54) is 6.92 Å². The van der Waals surface area contributed by atoms with Crippen LogP contribution in [0.2, 0.25) is 0 Å². The highest BCUT2D eigenvalue weighted by Gasteiger charge is 2.42. The monoisotopic (exact) mass is 361 g/mol. The Labute approximate surface area is 137 Å². The highest BCUT2D eigenvalue weighted by Crippen LogP contribution is 2.44. The van der Waals surface area contributed by atoms with Crippen molar-refractivity contribution in [1.82, 2.24) is 4.57 Å². The van der Waals surface area contributed by atoms with Gasteiger partial charge in [0.25, 0.3) is 0 Å². The zero-order valence-corrected chi connectivity index (χ0v) is 12.9. The number of benzene rings is 1. The van der Waals surface area contributed by atoms with Gasteiger partial charge in [-0.1, -0.05) is 6.92 Å². The smallest absolute Gasteiger partial charge is 0.421 e. The molecule has 0 unspecified atom stereocenters. The third-order valence-electron chi connectivity index (χ3n) is 4.23. The second-order valence-electron chi connectivity index (χ2n) is 5.85. The Balaban J connectivity index is 2.66. The highest BCUT2D eigenvalue weighted by molar-refractivity contribution is 5.95. The number of halogens is 5. The molecule has 9 heteroatoms. The Hall–Kier alpha value is -2.45. The average Bonchev–Trinajstić information content (AvgIpc) is 3.31. The molecule has 3 rings (SSSR count). The summed E-state index contributed by atoms with van der Waals surface area (Å²) in [5.74, 6) is -5.56. The van der Waals surface area contributed by atoms with Crippen molar-refractivity contribution < 1.29 is 31.9 Å². The number of pyridine rings is 1. The number of aromatic nitrogens is 1. The van der Waals surface area contributed by atoms with Gasteiger partial charge in [-0.2, -0.15) is 13.2 Å². The molecule has 0 atom stereocenters. The summed E-state index contributed by atoms with van der Waals surface area (Å²) >= 11 is 0. The maximum absolute atomic E-state index is 14.0. The first-order chi connectivity index (χ1) is 11.6. The summed E-state index contributed by atoms with van der Waals surface area (Å²) in [6.07, 6.45) is -4.37. The van der Waals surface area contributed by atoms with Crippen LogP contribution in [0, 0.1) is 11.6 Å². The van der Waals surface area contributed by atoms with Crippen molar-refractivity contribution in [2.45, 2.75) is 38.4 Å². The number of carbonyl (C=O) groups is 1. The van der Waals surface area contributed by atoms with E-state index in [-0.39, 0.29) is 12.1 Å². The van der Waals surface area contributed by atoms with E-state index in [2.05, 4.69) is 0 Å². The van der Waals surface area contributed by atoms with Crippen LogP contribution in [0.1, 0.15) is 47.4 Å². The summed E-state index contributed by atoms with van der Waals surface area (Å²) in [7, 11) is 0. The Morgan fingerprint density at radius 2 is 1.92 bits per heavy atom. The number of alkyl halides is 3. The van der Waals surface area contributed by atoms with Gasteiger partial charge in [-0.25, -0.2) is 13.6 Å². The number of carboxylic acids is 1. The quantitative estimate of drug-likeness (QED) is 0.844. The molecule has 4 nitrogen and oxygen atoms in total.